The molecule has 2 aromatic heterocycles. The summed E-state index contributed by atoms with van der Waals surface area (Å²) in [7, 11) is 0. The molecule has 0 unspecified atom stereocenters. The summed E-state index contributed by atoms with van der Waals surface area (Å²) < 4.78 is 10.6. The number of hydrogen-bond donors (Lipinski definition) is 1. The van der Waals surface area contributed by atoms with Crippen LogP contribution in [0.1, 0.15) is 28.4 Å². The molecule has 0 spiro atoms. The van der Waals surface area contributed by atoms with Crippen LogP contribution >= 0.6 is 0 Å². The van der Waals surface area contributed by atoms with E-state index in [2.05, 4.69) is 10.5 Å². The van der Waals surface area contributed by atoms with E-state index < -0.39 is 0 Å². The van der Waals surface area contributed by atoms with Crippen LogP contribution < -0.4 is 5.32 Å². The van der Waals surface area contributed by atoms with Gasteiger partial charge in [-0.2, -0.15) is 0 Å². The number of aromatic nitrogens is 1. The zero-order valence-corrected chi connectivity index (χ0v) is 11.8. The second-order valence-corrected chi connectivity index (χ2v) is 4.94. The van der Waals surface area contributed by atoms with Crippen molar-refractivity contribution in [1.29, 1.82) is 0 Å². The Labute approximate surface area is 121 Å². The van der Waals surface area contributed by atoms with Gasteiger partial charge in [0, 0.05) is 24.4 Å². The molecule has 21 heavy (non-hydrogen) atoms. The number of fused-ring (bicyclic) bond motifs is 1. The summed E-state index contributed by atoms with van der Waals surface area (Å²) in [4.78, 5) is 12.0. The SMILES string of the molecule is Cc1cc(CCCNC(=O)c2cc3ccccc3o2)on1. The summed E-state index contributed by atoms with van der Waals surface area (Å²) in [6.07, 6.45) is 1.54. The number of nitrogens with one attached hydrogen (secondary N) is 1. The summed E-state index contributed by atoms with van der Waals surface area (Å²) in [5.41, 5.74) is 1.59. The molecule has 1 aromatic carbocycles. The van der Waals surface area contributed by atoms with Gasteiger partial charge >= 0.3 is 0 Å². The number of carbonyl (C=O) groups excluding carboxylic acids is 1. The van der Waals surface area contributed by atoms with Gasteiger partial charge in [0.1, 0.15) is 11.3 Å². The van der Waals surface area contributed by atoms with Crippen LogP contribution in [0.5, 0.6) is 0 Å². The van der Waals surface area contributed by atoms with Crippen LogP contribution in [0.25, 0.3) is 11.0 Å². The molecular weight excluding hydrogens is 268 g/mol. The smallest absolute Gasteiger partial charge is 0.287 e. The van der Waals surface area contributed by atoms with Crippen molar-refractivity contribution < 1.29 is 13.7 Å². The van der Waals surface area contributed by atoms with Gasteiger partial charge in [-0.05, 0) is 25.5 Å². The first-order valence-corrected chi connectivity index (χ1v) is 6.91. The number of nitrogens with zero attached hydrogens (tertiary/aromatic N) is 1. The molecule has 3 aromatic rings. The summed E-state index contributed by atoms with van der Waals surface area (Å²) in [6, 6.07) is 11.2. The van der Waals surface area contributed by atoms with Crippen molar-refractivity contribution in [3.05, 3.63) is 53.6 Å². The first-order valence-electron chi connectivity index (χ1n) is 6.91. The van der Waals surface area contributed by atoms with Crippen molar-refractivity contribution in [2.45, 2.75) is 19.8 Å². The van der Waals surface area contributed by atoms with Gasteiger partial charge in [-0.15, -0.1) is 0 Å². The lowest BCUT2D eigenvalue weighted by atomic mass is 10.2. The topological polar surface area (TPSA) is 68.3 Å². The van der Waals surface area contributed by atoms with E-state index in [0.717, 1.165) is 35.3 Å². The molecule has 0 atom stereocenters. The summed E-state index contributed by atoms with van der Waals surface area (Å²) in [5, 5.41) is 7.60. The molecule has 5 heteroatoms. The van der Waals surface area contributed by atoms with Crippen LogP contribution in [0.3, 0.4) is 0 Å². The Morgan fingerprint density at radius 1 is 1.29 bits per heavy atom. The Balaban J connectivity index is 1.52. The number of para-hydroxylation sites is 1. The predicted octanol–water partition coefficient (Wildman–Crippen LogP) is 3.09. The van der Waals surface area contributed by atoms with Gasteiger partial charge in [0.25, 0.3) is 5.91 Å². The molecule has 0 fully saturated rings. The van der Waals surface area contributed by atoms with Crippen LogP contribution in [-0.4, -0.2) is 17.6 Å². The van der Waals surface area contributed by atoms with Crippen molar-refractivity contribution in [3.63, 3.8) is 0 Å². The van der Waals surface area contributed by atoms with E-state index in [4.69, 9.17) is 8.94 Å². The maximum Gasteiger partial charge on any atom is 0.287 e. The third-order valence-electron chi connectivity index (χ3n) is 3.21. The van der Waals surface area contributed by atoms with Gasteiger partial charge in [0.05, 0.1) is 5.69 Å². The number of hydrogen-bond acceptors (Lipinski definition) is 4. The molecule has 0 saturated carbocycles. The monoisotopic (exact) mass is 284 g/mol. The Morgan fingerprint density at radius 2 is 2.14 bits per heavy atom. The van der Waals surface area contributed by atoms with E-state index in [-0.39, 0.29) is 5.91 Å². The van der Waals surface area contributed by atoms with E-state index in [1.807, 2.05) is 37.3 Å². The molecule has 1 amide bonds. The highest BCUT2D eigenvalue weighted by Gasteiger charge is 2.11. The van der Waals surface area contributed by atoms with E-state index >= 15 is 0 Å². The molecular formula is C16H16N2O3. The van der Waals surface area contributed by atoms with E-state index in [9.17, 15) is 4.79 Å². The van der Waals surface area contributed by atoms with Crippen molar-refractivity contribution >= 4 is 16.9 Å². The van der Waals surface area contributed by atoms with Gasteiger partial charge in [-0.3, -0.25) is 4.79 Å². The average molecular weight is 284 g/mol. The Morgan fingerprint density at radius 3 is 2.90 bits per heavy atom. The zero-order chi connectivity index (χ0) is 14.7. The number of furan rings is 1. The van der Waals surface area contributed by atoms with Gasteiger partial charge in [-0.1, -0.05) is 23.4 Å². The largest absolute Gasteiger partial charge is 0.451 e. The van der Waals surface area contributed by atoms with Gasteiger partial charge in [0.15, 0.2) is 5.76 Å². The fraction of sp³-hybridized carbons (Fsp3) is 0.250. The summed E-state index contributed by atoms with van der Waals surface area (Å²) in [6.45, 7) is 2.45. The lowest BCUT2D eigenvalue weighted by Crippen LogP contribution is -2.24. The number of carbonyl (C=O) groups is 1. The number of benzene rings is 1. The van der Waals surface area contributed by atoms with Crippen LogP contribution in [0, 0.1) is 6.92 Å². The molecule has 0 saturated heterocycles. The Kier molecular flexibility index (Phi) is 3.73. The molecule has 1 N–H and O–H groups in total. The molecule has 2 heterocycles. The van der Waals surface area contributed by atoms with Crippen LogP contribution in [-0.2, 0) is 6.42 Å². The van der Waals surface area contributed by atoms with E-state index in [1.54, 1.807) is 6.07 Å². The molecule has 0 aliphatic carbocycles. The van der Waals surface area contributed by atoms with Crippen LogP contribution in [0.2, 0.25) is 0 Å². The highest BCUT2D eigenvalue weighted by Crippen LogP contribution is 2.18. The van der Waals surface area contributed by atoms with Gasteiger partial charge in [-0.25, -0.2) is 0 Å². The highest BCUT2D eigenvalue weighted by molar-refractivity contribution is 5.95. The van der Waals surface area contributed by atoms with Crippen LogP contribution in [0.4, 0.5) is 0 Å². The lowest BCUT2D eigenvalue weighted by molar-refractivity contribution is 0.0927. The molecule has 0 aliphatic heterocycles. The second-order valence-electron chi connectivity index (χ2n) is 4.94. The lowest BCUT2D eigenvalue weighted by Gasteiger charge is -2.01. The first kappa shape index (κ1) is 13.4. The summed E-state index contributed by atoms with van der Waals surface area (Å²) in [5.74, 6) is 0.983. The average Bonchev–Trinajstić information content (AvgIpc) is 3.09. The number of rotatable bonds is 5. The van der Waals surface area contributed by atoms with Crippen molar-refractivity contribution in [2.24, 2.45) is 0 Å². The van der Waals surface area contributed by atoms with Gasteiger partial charge in [0.2, 0.25) is 0 Å². The van der Waals surface area contributed by atoms with Crippen molar-refractivity contribution in [3.8, 4) is 0 Å². The zero-order valence-electron chi connectivity index (χ0n) is 11.8. The minimum absolute atomic E-state index is 0.194. The quantitative estimate of drug-likeness (QED) is 0.731. The minimum Gasteiger partial charge on any atom is -0.451 e. The fourth-order valence-electron chi connectivity index (χ4n) is 2.18. The maximum atomic E-state index is 12.0. The number of aryl methyl sites for hydroxylation is 2. The first-order chi connectivity index (χ1) is 10.2. The van der Waals surface area contributed by atoms with Crippen molar-refractivity contribution in [2.75, 3.05) is 6.54 Å². The molecule has 5 nitrogen and oxygen atoms in total. The molecule has 0 bridgehead atoms. The minimum atomic E-state index is -0.194. The predicted molar refractivity (Wildman–Crippen MR) is 78.1 cm³/mol. The third-order valence-corrected chi connectivity index (χ3v) is 3.21. The molecule has 0 radical (unpaired) electrons. The van der Waals surface area contributed by atoms with Gasteiger partial charge < -0.3 is 14.3 Å². The molecule has 0 aliphatic rings. The fourth-order valence-corrected chi connectivity index (χ4v) is 2.18. The normalized spacial score (nSPS) is 10.9. The Hall–Kier alpha value is -2.56. The van der Waals surface area contributed by atoms with Crippen molar-refractivity contribution in [1.82, 2.24) is 10.5 Å². The van der Waals surface area contributed by atoms with Crippen LogP contribution in [0.15, 0.2) is 45.3 Å². The van der Waals surface area contributed by atoms with E-state index in [1.165, 1.54) is 0 Å². The second kappa shape index (κ2) is 5.83. The standard InChI is InChI=1S/C16H16N2O3/c1-11-9-13(21-18-11)6-4-8-17-16(19)15-10-12-5-2-3-7-14(12)20-15/h2-3,5,7,9-10H,4,6,8H2,1H3,(H,17,19). The molecule has 3 rings (SSSR count). The molecule has 108 valence electrons. The highest BCUT2D eigenvalue weighted by atomic mass is 16.5. The summed E-state index contributed by atoms with van der Waals surface area (Å²) >= 11 is 0. The maximum absolute atomic E-state index is 12.0. The van der Waals surface area contributed by atoms with E-state index in [0.29, 0.717) is 12.3 Å². The third kappa shape index (κ3) is 3.13. The Bertz CT molecular complexity index is 725. The number of amides is 1.